The van der Waals surface area contributed by atoms with E-state index in [0.29, 0.717) is 0 Å². The maximum atomic E-state index is 5.70. The molecule has 1 fully saturated rings. The first-order valence-electron chi connectivity index (χ1n) is 7.79. The number of nitrogens with zero attached hydrogens (tertiary/aromatic N) is 1. The van der Waals surface area contributed by atoms with Gasteiger partial charge in [-0.2, -0.15) is 0 Å². The van der Waals surface area contributed by atoms with Gasteiger partial charge in [0, 0.05) is 6.61 Å². The van der Waals surface area contributed by atoms with Gasteiger partial charge in [-0.3, -0.25) is 0 Å². The molecule has 0 aromatic heterocycles. The highest BCUT2D eigenvalue weighted by molar-refractivity contribution is 5.13. The maximum absolute atomic E-state index is 5.70. The van der Waals surface area contributed by atoms with E-state index in [2.05, 4.69) is 29.2 Å². The second-order valence-corrected chi connectivity index (χ2v) is 5.50. The van der Waals surface area contributed by atoms with Gasteiger partial charge in [-0.25, -0.2) is 0 Å². The lowest BCUT2D eigenvalue weighted by atomic mass is 10.1. The third-order valence-electron chi connectivity index (χ3n) is 3.82. The Morgan fingerprint density at radius 1 is 0.895 bits per heavy atom. The standard InChI is InChI=1S/C17H27NO/c1-4-10-17(11-5-1)16-19-15-9-3-8-14-18-12-6-2-7-13-18/h1,4-5,10-11H,2-3,6-9,12-16H2. The van der Waals surface area contributed by atoms with Crippen LogP contribution in [0.25, 0.3) is 0 Å². The van der Waals surface area contributed by atoms with E-state index in [9.17, 15) is 0 Å². The Morgan fingerprint density at radius 2 is 1.68 bits per heavy atom. The van der Waals surface area contributed by atoms with Gasteiger partial charge in [-0.05, 0) is 57.3 Å². The molecule has 2 nitrogen and oxygen atoms in total. The second kappa shape index (κ2) is 9.11. The molecule has 0 bridgehead atoms. The summed E-state index contributed by atoms with van der Waals surface area (Å²) in [5, 5.41) is 0. The van der Waals surface area contributed by atoms with Crippen molar-refractivity contribution in [3.05, 3.63) is 35.9 Å². The maximum Gasteiger partial charge on any atom is 0.0716 e. The number of benzene rings is 1. The Hall–Kier alpha value is -0.860. The molecule has 0 radical (unpaired) electrons. The Morgan fingerprint density at radius 3 is 2.47 bits per heavy atom. The molecule has 1 heterocycles. The van der Waals surface area contributed by atoms with E-state index >= 15 is 0 Å². The molecule has 106 valence electrons. The van der Waals surface area contributed by atoms with Crippen molar-refractivity contribution in [2.24, 2.45) is 0 Å². The lowest BCUT2D eigenvalue weighted by Crippen LogP contribution is -2.30. The fourth-order valence-electron chi connectivity index (χ4n) is 2.66. The van der Waals surface area contributed by atoms with Crippen molar-refractivity contribution in [2.45, 2.75) is 45.1 Å². The lowest BCUT2D eigenvalue weighted by Gasteiger charge is -2.26. The molecule has 0 aliphatic carbocycles. The van der Waals surface area contributed by atoms with Crippen LogP contribution in [0.1, 0.15) is 44.1 Å². The normalized spacial score (nSPS) is 16.6. The van der Waals surface area contributed by atoms with Gasteiger partial charge < -0.3 is 9.64 Å². The van der Waals surface area contributed by atoms with E-state index in [1.54, 1.807) is 0 Å². The van der Waals surface area contributed by atoms with Gasteiger partial charge in [0.1, 0.15) is 0 Å². The summed E-state index contributed by atoms with van der Waals surface area (Å²) in [6, 6.07) is 10.4. The summed E-state index contributed by atoms with van der Waals surface area (Å²) in [4.78, 5) is 2.62. The Kier molecular flexibility index (Phi) is 6.97. The van der Waals surface area contributed by atoms with E-state index in [1.807, 2.05) is 6.07 Å². The van der Waals surface area contributed by atoms with Crippen molar-refractivity contribution in [1.29, 1.82) is 0 Å². The van der Waals surface area contributed by atoms with E-state index < -0.39 is 0 Å². The monoisotopic (exact) mass is 261 g/mol. The molecule has 1 saturated heterocycles. The number of unbranched alkanes of at least 4 members (excludes halogenated alkanes) is 2. The lowest BCUT2D eigenvalue weighted by molar-refractivity contribution is 0.115. The third kappa shape index (κ3) is 6.22. The summed E-state index contributed by atoms with van der Waals surface area (Å²) in [6.45, 7) is 5.59. The minimum absolute atomic E-state index is 0.757. The average Bonchev–Trinajstić information content (AvgIpc) is 2.48. The van der Waals surface area contributed by atoms with Gasteiger partial charge in [-0.1, -0.05) is 36.8 Å². The van der Waals surface area contributed by atoms with Crippen molar-refractivity contribution < 1.29 is 4.74 Å². The quantitative estimate of drug-likeness (QED) is 0.659. The number of hydrogen-bond donors (Lipinski definition) is 0. The van der Waals surface area contributed by atoms with Crippen LogP contribution in [0.3, 0.4) is 0 Å². The molecular weight excluding hydrogens is 234 g/mol. The zero-order chi connectivity index (χ0) is 13.2. The van der Waals surface area contributed by atoms with E-state index in [4.69, 9.17) is 4.74 Å². The van der Waals surface area contributed by atoms with Gasteiger partial charge in [-0.15, -0.1) is 0 Å². The van der Waals surface area contributed by atoms with Gasteiger partial charge in [0.2, 0.25) is 0 Å². The minimum atomic E-state index is 0.757. The zero-order valence-electron chi connectivity index (χ0n) is 12.0. The van der Waals surface area contributed by atoms with Crippen LogP contribution in [0, 0.1) is 0 Å². The first-order chi connectivity index (χ1) is 9.45. The first-order valence-corrected chi connectivity index (χ1v) is 7.79. The molecule has 2 heteroatoms. The molecule has 0 spiro atoms. The fourth-order valence-corrected chi connectivity index (χ4v) is 2.66. The van der Waals surface area contributed by atoms with E-state index in [0.717, 1.165) is 13.2 Å². The molecule has 0 unspecified atom stereocenters. The first kappa shape index (κ1) is 14.5. The SMILES string of the molecule is c1ccc(COCCCCCN2CCCCC2)cc1. The summed E-state index contributed by atoms with van der Waals surface area (Å²) >= 11 is 0. The van der Waals surface area contributed by atoms with Crippen LogP contribution in [0.15, 0.2) is 30.3 Å². The van der Waals surface area contributed by atoms with Crippen molar-refractivity contribution in [3.63, 3.8) is 0 Å². The Labute approximate surface area is 117 Å². The van der Waals surface area contributed by atoms with Gasteiger partial charge >= 0.3 is 0 Å². The summed E-state index contributed by atoms with van der Waals surface area (Å²) < 4.78 is 5.70. The molecule has 2 rings (SSSR count). The molecule has 1 aliphatic rings. The second-order valence-electron chi connectivity index (χ2n) is 5.50. The highest BCUT2D eigenvalue weighted by atomic mass is 16.5. The molecule has 0 N–H and O–H groups in total. The van der Waals surface area contributed by atoms with Gasteiger partial charge in [0.25, 0.3) is 0 Å². The molecule has 0 saturated carbocycles. The number of rotatable bonds is 8. The zero-order valence-corrected chi connectivity index (χ0v) is 12.0. The van der Waals surface area contributed by atoms with Gasteiger partial charge in [0.05, 0.1) is 6.61 Å². The summed E-state index contributed by atoms with van der Waals surface area (Å²) in [7, 11) is 0. The largest absolute Gasteiger partial charge is 0.377 e. The predicted octanol–water partition coefficient (Wildman–Crippen LogP) is 3.86. The topological polar surface area (TPSA) is 12.5 Å². The Balaban J connectivity index is 1.42. The van der Waals surface area contributed by atoms with Crippen LogP contribution in [-0.4, -0.2) is 31.1 Å². The number of ether oxygens (including phenoxy) is 1. The number of piperidine rings is 1. The minimum Gasteiger partial charge on any atom is -0.377 e. The summed E-state index contributed by atoms with van der Waals surface area (Å²) in [5.74, 6) is 0. The molecule has 1 aliphatic heterocycles. The van der Waals surface area contributed by atoms with Gasteiger partial charge in [0.15, 0.2) is 0 Å². The smallest absolute Gasteiger partial charge is 0.0716 e. The van der Waals surface area contributed by atoms with Crippen LogP contribution in [-0.2, 0) is 11.3 Å². The molecule has 0 amide bonds. The molecule has 1 aromatic rings. The fraction of sp³-hybridized carbons (Fsp3) is 0.647. The molecule has 0 atom stereocenters. The molecular formula is C17H27NO. The van der Waals surface area contributed by atoms with Crippen molar-refractivity contribution in [1.82, 2.24) is 4.90 Å². The van der Waals surface area contributed by atoms with Crippen molar-refractivity contribution in [3.8, 4) is 0 Å². The third-order valence-corrected chi connectivity index (χ3v) is 3.82. The van der Waals surface area contributed by atoms with Crippen molar-refractivity contribution >= 4 is 0 Å². The Bertz CT molecular complexity index is 319. The summed E-state index contributed by atoms with van der Waals surface area (Å²) in [6.07, 6.45) is 8.06. The van der Waals surface area contributed by atoms with Crippen molar-refractivity contribution in [2.75, 3.05) is 26.2 Å². The van der Waals surface area contributed by atoms with E-state index in [1.165, 1.54) is 63.7 Å². The average molecular weight is 261 g/mol. The summed E-state index contributed by atoms with van der Waals surface area (Å²) in [5.41, 5.74) is 1.27. The van der Waals surface area contributed by atoms with Crippen LogP contribution in [0.5, 0.6) is 0 Å². The highest BCUT2D eigenvalue weighted by Crippen LogP contribution is 2.10. The van der Waals surface area contributed by atoms with Crippen LogP contribution in [0.2, 0.25) is 0 Å². The highest BCUT2D eigenvalue weighted by Gasteiger charge is 2.08. The van der Waals surface area contributed by atoms with Crippen LogP contribution >= 0.6 is 0 Å². The predicted molar refractivity (Wildman–Crippen MR) is 80.2 cm³/mol. The molecule has 1 aromatic carbocycles. The number of likely N-dealkylation sites (tertiary alicyclic amines) is 1. The van der Waals surface area contributed by atoms with Crippen LogP contribution in [0.4, 0.5) is 0 Å². The molecule has 19 heavy (non-hydrogen) atoms. The number of hydrogen-bond acceptors (Lipinski definition) is 2. The van der Waals surface area contributed by atoms with E-state index in [-0.39, 0.29) is 0 Å². The van der Waals surface area contributed by atoms with Crippen LogP contribution < -0.4 is 0 Å².